The number of piperazine rings is 1. The Labute approximate surface area is 148 Å². The molecule has 3 rings (SSSR count). The second kappa shape index (κ2) is 7.32. The van der Waals surface area contributed by atoms with E-state index < -0.39 is 0 Å². The quantitative estimate of drug-likeness (QED) is 0.870. The second-order valence-electron chi connectivity index (χ2n) is 5.62. The van der Waals surface area contributed by atoms with Crippen LogP contribution in [0.2, 0.25) is 0 Å². The molecule has 24 heavy (non-hydrogen) atoms. The van der Waals surface area contributed by atoms with E-state index in [0.717, 1.165) is 16.6 Å². The number of rotatable bonds is 3. The summed E-state index contributed by atoms with van der Waals surface area (Å²) in [5.41, 5.74) is 1.37. The number of nitrogens with zero attached hydrogens (tertiary/aromatic N) is 1. The van der Waals surface area contributed by atoms with Gasteiger partial charge in [-0.2, -0.15) is 0 Å². The largest absolute Gasteiger partial charge is 0.496 e. The molecular formula is C18H18BrFN2O2. The van der Waals surface area contributed by atoms with Gasteiger partial charge in [0, 0.05) is 25.2 Å². The molecule has 2 aromatic rings. The van der Waals surface area contributed by atoms with Gasteiger partial charge >= 0.3 is 0 Å². The molecule has 1 aliphatic heterocycles. The van der Waals surface area contributed by atoms with Gasteiger partial charge < -0.3 is 15.0 Å². The van der Waals surface area contributed by atoms with E-state index in [9.17, 15) is 9.18 Å². The monoisotopic (exact) mass is 392 g/mol. The summed E-state index contributed by atoms with van der Waals surface area (Å²) in [6, 6.07) is 11.5. The summed E-state index contributed by atoms with van der Waals surface area (Å²) in [6.45, 7) is 1.89. The van der Waals surface area contributed by atoms with Gasteiger partial charge in [-0.15, -0.1) is 0 Å². The van der Waals surface area contributed by atoms with Crippen LogP contribution in [0.4, 0.5) is 4.39 Å². The van der Waals surface area contributed by atoms with E-state index >= 15 is 0 Å². The highest BCUT2D eigenvalue weighted by Gasteiger charge is 2.29. The zero-order valence-corrected chi connectivity index (χ0v) is 14.8. The number of benzene rings is 2. The maximum atomic E-state index is 13.6. The number of hydrogen-bond acceptors (Lipinski definition) is 3. The molecule has 0 radical (unpaired) electrons. The third-order valence-corrected chi connectivity index (χ3v) is 4.76. The van der Waals surface area contributed by atoms with Crippen molar-refractivity contribution in [2.24, 2.45) is 0 Å². The molecule has 0 saturated carbocycles. The lowest BCUT2D eigenvalue weighted by Crippen LogP contribution is -2.48. The zero-order valence-electron chi connectivity index (χ0n) is 13.3. The first-order valence-electron chi connectivity index (χ1n) is 7.71. The fourth-order valence-electron chi connectivity index (χ4n) is 2.92. The smallest absolute Gasteiger partial charge is 0.254 e. The van der Waals surface area contributed by atoms with Crippen molar-refractivity contribution in [3.05, 3.63) is 63.9 Å². The molecule has 1 atom stereocenters. The highest BCUT2D eigenvalue weighted by molar-refractivity contribution is 9.10. The predicted molar refractivity (Wildman–Crippen MR) is 93.7 cm³/mol. The molecule has 1 fully saturated rings. The molecule has 126 valence electrons. The van der Waals surface area contributed by atoms with Crippen LogP contribution in [0.15, 0.2) is 46.9 Å². The Morgan fingerprint density at radius 3 is 2.88 bits per heavy atom. The van der Waals surface area contributed by atoms with E-state index in [-0.39, 0.29) is 17.8 Å². The van der Waals surface area contributed by atoms with Gasteiger partial charge in [-0.3, -0.25) is 4.79 Å². The maximum absolute atomic E-state index is 13.6. The van der Waals surface area contributed by atoms with E-state index in [1.165, 1.54) is 12.1 Å². The summed E-state index contributed by atoms with van der Waals surface area (Å²) in [5.74, 6) is 0.306. The first-order valence-corrected chi connectivity index (χ1v) is 8.50. The lowest BCUT2D eigenvalue weighted by atomic mass is 10.0. The normalized spacial score (nSPS) is 17.6. The molecule has 1 N–H and O–H groups in total. The lowest BCUT2D eigenvalue weighted by molar-refractivity contribution is 0.0634. The van der Waals surface area contributed by atoms with Crippen LogP contribution in [0.5, 0.6) is 5.75 Å². The van der Waals surface area contributed by atoms with Crippen molar-refractivity contribution in [1.82, 2.24) is 10.2 Å². The SMILES string of the molecule is COc1ccc(C(=O)N2CCNCC2c2cccc(F)c2)cc1Br. The number of carbonyl (C=O) groups excluding carboxylic acids is 1. The first kappa shape index (κ1) is 16.9. The number of methoxy groups -OCH3 is 1. The van der Waals surface area contributed by atoms with E-state index in [1.807, 2.05) is 6.07 Å². The van der Waals surface area contributed by atoms with Crippen molar-refractivity contribution in [1.29, 1.82) is 0 Å². The Morgan fingerprint density at radius 2 is 2.17 bits per heavy atom. The predicted octanol–water partition coefficient (Wildman–Crippen LogP) is 3.38. The molecule has 1 amide bonds. The number of ether oxygens (including phenoxy) is 1. The number of hydrogen-bond donors (Lipinski definition) is 1. The second-order valence-corrected chi connectivity index (χ2v) is 6.48. The molecule has 0 bridgehead atoms. The van der Waals surface area contributed by atoms with Crippen LogP contribution in [0.25, 0.3) is 0 Å². The summed E-state index contributed by atoms with van der Waals surface area (Å²) in [6.07, 6.45) is 0. The third kappa shape index (κ3) is 3.44. The molecule has 1 heterocycles. The highest BCUT2D eigenvalue weighted by atomic mass is 79.9. The van der Waals surface area contributed by atoms with Crippen LogP contribution in [0.3, 0.4) is 0 Å². The van der Waals surface area contributed by atoms with Gasteiger partial charge in [0.1, 0.15) is 11.6 Å². The van der Waals surface area contributed by atoms with Gasteiger partial charge in [0.05, 0.1) is 17.6 Å². The summed E-state index contributed by atoms with van der Waals surface area (Å²) < 4.78 is 19.5. The van der Waals surface area contributed by atoms with Crippen molar-refractivity contribution < 1.29 is 13.9 Å². The first-order chi connectivity index (χ1) is 11.6. The Morgan fingerprint density at radius 1 is 1.33 bits per heavy atom. The average molecular weight is 393 g/mol. The van der Waals surface area contributed by atoms with E-state index in [1.54, 1.807) is 36.3 Å². The fourth-order valence-corrected chi connectivity index (χ4v) is 3.46. The summed E-state index contributed by atoms with van der Waals surface area (Å²) in [5, 5.41) is 3.27. The summed E-state index contributed by atoms with van der Waals surface area (Å²) in [7, 11) is 1.58. The topological polar surface area (TPSA) is 41.6 Å². The third-order valence-electron chi connectivity index (χ3n) is 4.14. The number of carbonyl (C=O) groups is 1. The van der Waals surface area contributed by atoms with Crippen LogP contribution in [0.1, 0.15) is 22.0 Å². The summed E-state index contributed by atoms with van der Waals surface area (Å²) >= 11 is 3.41. The Kier molecular flexibility index (Phi) is 5.16. The van der Waals surface area contributed by atoms with Gasteiger partial charge in [0.25, 0.3) is 5.91 Å². The number of amides is 1. The molecule has 0 aliphatic carbocycles. The minimum absolute atomic E-state index is 0.0749. The molecule has 1 unspecified atom stereocenters. The maximum Gasteiger partial charge on any atom is 0.254 e. The minimum atomic E-state index is -0.294. The van der Waals surface area contributed by atoms with Crippen LogP contribution in [-0.2, 0) is 0 Å². The Balaban J connectivity index is 1.90. The molecule has 4 nitrogen and oxygen atoms in total. The zero-order chi connectivity index (χ0) is 17.1. The standard InChI is InChI=1S/C18H18BrFN2O2/c1-24-17-6-5-13(10-15(17)19)18(23)22-8-7-21-11-16(22)12-3-2-4-14(20)9-12/h2-6,9-10,16,21H,7-8,11H2,1H3. The Hall–Kier alpha value is -1.92. The van der Waals surface area contributed by atoms with Gasteiger partial charge in [-0.05, 0) is 51.8 Å². The van der Waals surface area contributed by atoms with Crippen molar-refractivity contribution in [3.63, 3.8) is 0 Å². The summed E-state index contributed by atoms with van der Waals surface area (Å²) in [4.78, 5) is 14.8. The van der Waals surface area contributed by atoms with Crippen molar-refractivity contribution in [2.45, 2.75) is 6.04 Å². The van der Waals surface area contributed by atoms with Crippen LogP contribution >= 0.6 is 15.9 Å². The van der Waals surface area contributed by atoms with Crippen LogP contribution in [0, 0.1) is 5.82 Å². The average Bonchev–Trinajstić information content (AvgIpc) is 2.61. The Bertz CT molecular complexity index is 754. The van der Waals surface area contributed by atoms with E-state index in [2.05, 4.69) is 21.2 Å². The number of nitrogens with one attached hydrogen (secondary N) is 1. The van der Waals surface area contributed by atoms with E-state index in [4.69, 9.17) is 4.74 Å². The van der Waals surface area contributed by atoms with Crippen molar-refractivity contribution in [2.75, 3.05) is 26.7 Å². The molecular weight excluding hydrogens is 375 g/mol. The number of halogens is 2. The highest BCUT2D eigenvalue weighted by Crippen LogP contribution is 2.29. The molecule has 0 spiro atoms. The lowest BCUT2D eigenvalue weighted by Gasteiger charge is -2.36. The van der Waals surface area contributed by atoms with Crippen molar-refractivity contribution in [3.8, 4) is 5.75 Å². The molecule has 1 saturated heterocycles. The minimum Gasteiger partial charge on any atom is -0.496 e. The molecule has 0 aromatic heterocycles. The fraction of sp³-hybridized carbons (Fsp3) is 0.278. The molecule has 6 heteroatoms. The van der Waals surface area contributed by atoms with Crippen molar-refractivity contribution >= 4 is 21.8 Å². The van der Waals surface area contributed by atoms with Gasteiger partial charge in [0.15, 0.2) is 0 Å². The van der Waals surface area contributed by atoms with Gasteiger partial charge in [0.2, 0.25) is 0 Å². The molecule has 1 aliphatic rings. The van der Waals surface area contributed by atoms with Crippen LogP contribution < -0.4 is 10.1 Å². The van der Waals surface area contributed by atoms with Crippen LogP contribution in [-0.4, -0.2) is 37.6 Å². The molecule has 2 aromatic carbocycles. The van der Waals surface area contributed by atoms with E-state index in [0.29, 0.717) is 24.4 Å². The van der Waals surface area contributed by atoms with Gasteiger partial charge in [-0.1, -0.05) is 12.1 Å². The van der Waals surface area contributed by atoms with Gasteiger partial charge in [-0.25, -0.2) is 4.39 Å².